The molecule has 330 valence electrons. The monoisotopic (exact) mass is 871 g/mol. The van der Waals surface area contributed by atoms with Gasteiger partial charge in [-0.05, 0) is 113 Å². The normalized spacial score (nSPS) is 21.4. The van der Waals surface area contributed by atoms with E-state index in [4.69, 9.17) is 19.5 Å². The third-order valence-electron chi connectivity index (χ3n) is 13.8. The lowest BCUT2D eigenvalue weighted by molar-refractivity contribution is -0.0593. The maximum absolute atomic E-state index is 16.1. The molecule has 1 saturated heterocycles. The van der Waals surface area contributed by atoms with Crippen LogP contribution in [-0.4, -0.2) is 80.3 Å². The maximum atomic E-state index is 16.1. The number of aliphatic hydroxyl groups is 1. The van der Waals surface area contributed by atoms with Crippen LogP contribution in [0.15, 0.2) is 70.5 Å². The van der Waals surface area contributed by atoms with E-state index < -0.39 is 29.4 Å². The van der Waals surface area contributed by atoms with Gasteiger partial charge in [0, 0.05) is 56.3 Å². The first-order valence-corrected chi connectivity index (χ1v) is 21.6. The number of fused-ring (bicyclic) bond motifs is 3. The minimum atomic E-state index is -1.44. The molecule has 4 aliphatic rings. The largest absolute Gasteiger partial charge is 0.438 e. The lowest BCUT2D eigenvalue weighted by atomic mass is 9.84. The van der Waals surface area contributed by atoms with Gasteiger partial charge in [-0.15, -0.1) is 0 Å². The zero-order valence-corrected chi connectivity index (χ0v) is 36.3. The molecular formula is C46H47F2N11O5. The van der Waals surface area contributed by atoms with Gasteiger partial charge >= 0.3 is 5.76 Å². The van der Waals surface area contributed by atoms with Crippen molar-refractivity contribution >= 4 is 33.8 Å². The van der Waals surface area contributed by atoms with E-state index >= 15 is 13.6 Å². The van der Waals surface area contributed by atoms with Gasteiger partial charge in [0.25, 0.3) is 5.91 Å². The number of aromatic amines is 1. The minimum Gasteiger partial charge on any atom is -0.376 e. The highest BCUT2D eigenvalue weighted by Gasteiger charge is 2.54. The van der Waals surface area contributed by atoms with Gasteiger partial charge in [-0.3, -0.25) is 23.9 Å². The highest BCUT2D eigenvalue weighted by Crippen LogP contribution is 2.55. The van der Waals surface area contributed by atoms with Gasteiger partial charge < -0.3 is 19.6 Å². The number of hydrogen-bond donors (Lipinski definition) is 2. The second kappa shape index (κ2) is 14.2. The van der Waals surface area contributed by atoms with E-state index in [0.717, 1.165) is 23.9 Å². The number of aliphatic hydroxyl groups excluding tert-OH is 1. The first-order valence-electron chi connectivity index (χ1n) is 21.6. The Bertz CT molecular complexity index is 3130. The van der Waals surface area contributed by atoms with Crippen LogP contribution in [0.25, 0.3) is 22.1 Å². The quantitative estimate of drug-likeness (QED) is 0.178. The fraction of sp³-hybridized carbons (Fsp3) is 0.391. The molecule has 1 aliphatic carbocycles. The van der Waals surface area contributed by atoms with Crippen molar-refractivity contribution in [3.8, 4) is 5.69 Å². The molecule has 64 heavy (non-hydrogen) atoms. The number of ether oxygens (including phenoxy) is 1. The third-order valence-corrected chi connectivity index (χ3v) is 13.8. The summed E-state index contributed by atoms with van der Waals surface area (Å²) in [6, 6.07) is 10.2. The van der Waals surface area contributed by atoms with Crippen LogP contribution in [0.4, 0.5) is 20.3 Å². The van der Waals surface area contributed by atoms with E-state index in [1.165, 1.54) is 11.1 Å². The van der Waals surface area contributed by atoms with Crippen molar-refractivity contribution in [1.29, 1.82) is 0 Å². The van der Waals surface area contributed by atoms with Crippen LogP contribution in [0.5, 0.6) is 0 Å². The summed E-state index contributed by atoms with van der Waals surface area (Å²) in [7, 11) is 1.73. The number of hydrogen-bond acceptors (Lipinski definition) is 11. The number of carbonyl (C=O) groups is 1. The van der Waals surface area contributed by atoms with E-state index in [9.17, 15) is 9.90 Å². The minimum absolute atomic E-state index is 0.135. The van der Waals surface area contributed by atoms with Gasteiger partial charge in [0.15, 0.2) is 17.3 Å². The van der Waals surface area contributed by atoms with Crippen molar-refractivity contribution in [3.05, 3.63) is 128 Å². The lowest BCUT2D eigenvalue weighted by Gasteiger charge is -2.35. The number of aromatic nitrogens is 8. The molecule has 18 heteroatoms. The number of nitrogens with one attached hydrogen (secondary N) is 1. The number of aryl methyl sites for hydroxylation is 3. The smallest absolute Gasteiger partial charge is 0.376 e. The van der Waals surface area contributed by atoms with Crippen LogP contribution < -0.4 is 15.6 Å². The fourth-order valence-corrected chi connectivity index (χ4v) is 10.4. The molecule has 5 aromatic heterocycles. The number of amides is 1. The Labute approximate surface area is 365 Å². The zero-order valence-electron chi connectivity index (χ0n) is 36.3. The Balaban J connectivity index is 1.02. The Morgan fingerprint density at radius 1 is 1.00 bits per heavy atom. The molecule has 0 radical (unpaired) electrons. The standard InChI is InChI=1S/C46H47F2N11O5/c1-24-19-29(20-25(2)37(24)47)59-40(57-17-16-56(44(57)62)34-10-9-32-30(38(34)48)22-49-54(32)6)35-26(3)55(15-11-31(35)51-59)41(60)39-36(46(13-14-46)42-50-43(61)64-53-42)33-8-7-28(23-58(33)52-39)27-12-18-63-45(4,5)21-27/h7-10,16-17,19-20,22-23,26-27,44,62H,11-15,18,21H2,1-6H3,(H,50,53,61)/t26-,27-,44?/m0/s1. The van der Waals surface area contributed by atoms with E-state index in [0.29, 0.717) is 82.0 Å². The van der Waals surface area contributed by atoms with E-state index in [1.807, 2.05) is 19.2 Å². The number of rotatable bonds is 7. The molecule has 11 rings (SSSR count). The topological polar surface area (TPSA) is 168 Å². The average Bonchev–Trinajstić information content (AvgIpc) is 3.72. The summed E-state index contributed by atoms with van der Waals surface area (Å²) in [4.78, 5) is 35.2. The maximum Gasteiger partial charge on any atom is 0.438 e. The molecule has 2 fully saturated rings. The summed E-state index contributed by atoms with van der Waals surface area (Å²) in [5.74, 6) is -0.893. The summed E-state index contributed by atoms with van der Waals surface area (Å²) in [6.45, 7) is 10.4. The van der Waals surface area contributed by atoms with Crippen molar-refractivity contribution in [2.75, 3.05) is 23.0 Å². The number of nitrogens with zero attached hydrogens (tertiary/aromatic N) is 10. The molecule has 7 aromatic rings. The van der Waals surface area contributed by atoms with Gasteiger partial charge in [-0.25, -0.2) is 22.8 Å². The number of benzene rings is 2. The molecular weight excluding hydrogens is 825 g/mol. The van der Waals surface area contributed by atoms with Gasteiger partial charge in [-0.1, -0.05) is 11.2 Å². The number of halogens is 2. The van der Waals surface area contributed by atoms with Gasteiger partial charge in [-0.2, -0.15) is 15.3 Å². The number of anilines is 2. The Morgan fingerprint density at radius 2 is 1.75 bits per heavy atom. The molecule has 1 amide bonds. The molecule has 16 nitrogen and oxygen atoms in total. The predicted molar refractivity (Wildman–Crippen MR) is 231 cm³/mol. The molecule has 2 N–H and O–H groups in total. The SMILES string of the molecule is Cc1cc(-n2nc3c(c2N2C=CN(c4ccc5c(cnn5C)c4F)C2O)[C@H](C)N(C(=O)c2nn4cc([C@H]5CCOC(C)(C)C5)ccc4c2C2(c4noc(=O)[nH]4)CC2)CC3)cc(C)c1F. The first kappa shape index (κ1) is 40.1. The second-order valence-electron chi connectivity index (χ2n) is 18.3. The van der Waals surface area contributed by atoms with Crippen LogP contribution in [-0.2, 0) is 23.6 Å². The number of H-pyrrole nitrogens is 1. The van der Waals surface area contributed by atoms with Crippen molar-refractivity contribution in [1.82, 2.24) is 44.2 Å². The van der Waals surface area contributed by atoms with E-state index in [-0.39, 0.29) is 41.2 Å². The molecule has 1 saturated carbocycles. The molecule has 0 bridgehead atoms. The molecule has 8 heterocycles. The van der Waals surface area contributed by atoms with Crippen molar-refractivity contribution in [2.45, 2.75) is 96.1 Å². The summed E-state index contributed by atoms with van der Waals surface area (Å²) < 4.78 is 47.3. The number of carbonyl (C=O) groups excluding carboxylic acids is 1. The average molecular weight is 872 g/mol. The first-order chi connectivity index (χ1) is 30.6. The molecule has 3 aliphatic heterocycles. The molecule has 3 atom stereocenters. The Kier molecular flexibility index (Phi) is 8.89. The Morgan fingerprint density at radius 3 is 2.47 bits per heavy atom. The summed E-state index contributed by atoms with van der Waals surface area (Å²) in [5.41, 5.74) is 5.07. The highest BCUT2D eigenvalue weighted by atomic mass is 19.1. The lowest BCUT2D eigenvalue weighted by Crippen LogP contribution is -2.42. The van der Waals surface area contributed by atoms with Crippen molar-refractivity contribution < 1.29 is 27.9 Å². The van der Waals surface area contributed by atoms with Crippen LogP contribution in [0.2, 0.25) is 0 Å². The summed E-state index contributed by atoms with van der Waals surface area (Å²) in [6.07, 6.45) is 8.51. The van der Waals surface area contributed by atoms with Crippen LogP contribution in [0, 0.1) is 25.5 Å². The molecule has 1 unspecified atom stereocenters. The van der Waals surface area contributed by atoms with Crippen LogP contribution in [0.1, 0.15) is 108 Å². The number of pyridine rings is 1. The van der Waals surface area contributed by atoms with Gasteiger partial charge in [0.05, 0.1) is 56.7 Å². The van der Waals surface area contributed by atoms with E-state index in [2.05, 4.69) is 35.2 Å². The second-order valence-corrected chi connectivity index (χ2v) is 18.3. The van der Waals surface area contributed by atoms with Crippen LogP contribution >= 0.6 is 0 Å². The molecule has 0 spiro atoms. The summed E-state index contributed by atoms with van der Waals surface area (Å²) >= 11 is 0. The summed E-state index contributed by atoms with van der Waals surface area (Å²) in [5, 5.41) is 30.9. The van der Waals surface area contributed by atoms with Gasteiger partial charge in [0.1, 0.15) is 11.6 Å². The Hall–Kier alpha value is -6.66. The predicted octanol–water partition coefficient (Wildman–Crippen LogP) is 6.56. The fourth-order valence-electron chi connectivity index (χ4n) is 10.4. The van der Waals surface area contributed by atoms with Crippen molar-refractivity contribution in [2.24, 2.45) is 7.05 Å². The van der Waals surface area contributed by atoms with Gasteiger partial charge in [0.2, 0.25) is 6.35 Å². The zero-order chi connectivity index (χ0) is 44.6. The third kappa shape index (κ3) is 6.05. The van der Waals surface area contributed by atoms with Crippen LogP contribution in [0.3, 0.4) is 0 Å². The highest BCUT2D eigenvalue weighted by molar-refractivity contribution is 5.97. The van der Waals surface area contributed by atoms with E-state index in [1.54, 1.807) is 81.2 Å². The van der Waals surface area contributed by atoms with Crippen molar-refractivity contribution in [3.63, 3.8) is 0 Å². The molecule has 2 aromatic carbocycles.